The summed E-state index contributed by atoms with van der Waals surface area (Å²) >= 11 is 0. The van der Waals surface area contributed by atoms with E-state index in [4.69, 9.17) is 0 Å². The summed E-state index contributed by atoms with van der Waals surface area (Å²) in [5.74, 6) is -2.75. The van der Waals surface area contributed by atoms with Crippen LogP contribution in [0.5, 0.6) is 0 Å². The number of amides is 2. The van der Waals surface area contributed by atoms with Gasteiger partial charge in [0.1, 0.15) is 0 Å². The van der Waals surface area contributed by atoms with Gasteiger partial charge in [-0.15, -0.1) is 0 Å². The molecule has 1 aromatic carbocycles. The molecule has 1 aromatic rings. The molecule has 2 rings (SSSR count). The smallest absolute Gasteiger partial charge is 0.307 e. The molecule has 3 N–H and O–H groups in total. The largest absolute Gasteiger partial charge is 0.481 e. The Morgan fingerprint density at radius 1 is 1.20 bits per heavy atom. The monoisotopic (exact) mass is 347 g/mol. The van der Waals surface area contributed by atoms with Crippen LogP contribution < -0.4 is 10.6 Å². The van der Waals surface area contributed by atoms with E-state index in [1.807, 2.05) is 19.0 Å². The van der Waals surface area contributed by atoms with Gasteiger partial charge in [-0.05, 0) is 37.7 Å². The lowest BCUT2D eigenvalue weighted by atomic mass is 10.1. The SMILES string of the molecule is CN(C)CCNC(=O)c1cccc(NC(=O)[C@@H]2[C@@H](C(=O)O)C2(C)C)c1. The van der Waals surface area contributed by atoms with Gasteiger partial charge in [0, 0.05) is 24.3 Å². The van der Waals surface area contributed by atoms with Crippen LogP contribution in [0.3, 0.4) is 0 Å². The van der Waals surface area contributed by atoms with Crippen LogP contribution in [0.25, 0.3) is 0 Å². The first-order valence-electron chi connectivity index (χ1n) is 8.21. The summed E-state index contributed by atoms with van der Waals surface area (Å²) in [5, 5.41) is 14.7. The van der Waals surface area contributed by atoms with Crippen LogP contribution in [0.2, 0.25) is 0 Å². The number of likely N-dealkylation sites (N-methyl/N-ethyl adjacent to an activating group) is 1. The van der Waals surface area contributed by atoms with E-state index < -0.39 is 23.2 Å². The van der Waals surface area contributed by atoms with E-state index in [0.29, 0.717) is 17.8 Å². The zero-order valence-electron chi connectivity index (χ0n) is 15.0. The molecule has 2 amide bonds. The van der Waals surface area contributed by atoms with Crippen molar-refractivity contribution in [3.8, 4) is 0 Å². The van der Waals surface area contributed by atoms with Gasteiger partial charge in [0.2, 0.25) is 5.91 Å². The number of nitrogens with one attached hydrogen (secondary N) is 2. The fourth-order valence-electron chi connectivity index (χ4n) is 3.04. The van der Waals surface area contributed by atoms with Crippen molar-refractivity contribution in [2.45, 2.75) is 13.8 Å². The second kappa shape index (κ2) is 7.23. The predicted molar refractivity (Wildman–Crippen MR) is 94.4 cm³/mol. The summed E-state index contributed by atoms with van der Waals surface area (Å²) in [7, 11) is 3.85. The zero-order chi connectivity index (χ0) is 18.8. The van der Waals surface area contributed by atoms with E-state index in [0.717, 1.165) is 6.54 Å². The molecule has 1 saturated carbocycles. The van der Waals surface area contributed by atoms with E-state index in [2.05, 4.69) is 10.6 Å². The summed E-state index contributed by atoms with van der Waals surface area (Å²) in [5.41, 5.74) is 0.371. The van der Waals surface area contributed by atoms with Crippen LogP contribution in [0.15, 0.2) is 24.3 Å². The Kier molecular flexibility index (Phi) is 5.47. The third-order valence-electron chi connectivity index (χ3n) is 4.61. The molecule has 7 heteroatoms. The highest BCUT2D eigenvalue weighted by Crippen LogP contribution is 2.58. The van der Waals surface area contributed by atoms with Crippen LogP contribution in [-0.4, -0.2) is 55.0 Å². The van der Waals surface area contributed by atoms with Crippen LogP contribution in [-0.2, 0) is 9.59 Å². The normalized spacial score (nSPS) is 20.8. The first-order valence-corrected chi connectivity index (χ1v) is 8.21. The van der Waals surface area contributed by atoms with E-state index in [1.165, 1.54) is 0 Å². The van der Waals surface area contributed by atoms with Crippen molar-refractivity contribution in [3.05, 3.63) is 29.8 Å². The molecule has 0 unspecified atom stereocenters. The van der Waals surface area contributed by atoms with Crippen LogP contribution in [0.1, 0.15) is 24.2 Å². The molecule has 0 radical (unpaired) electrons. The Morgan fingerprint density at radius 3 is 2.44 bits per heavy atom. The minimum atomic E-state index is -0.959. The number of nitrogens with zero attached hydrogens (tertiary/aromatic N) is 1. The number of rotatable bonds is 7. The molecule has 1 aliphatic carbocycles. The number of carbonyl (C=O) groups excluding carboxylic acids is 2. The number of benzene rings is 1. The molecule has 0 heterocycles. The topological polar surface area (TPSA) is 98.7 Å². The number of carboxylic acid groups (broad SMARTS) is 1. The summed E-state index contributed by atoms with van der Waals surface area (Å²) in [6.45, 7) is 4.80. The predicted octanol–water partition coefficient (Wildman–Crippen LogP) is 1.27. The van der Waals surface area contributed by atoms with Crippen LogP contribution in [0, 0.1) is 17.3 Å². The molecule has 25 heavy (non-hydrogen) atoms. The Hall–Kier alpha value is -2.41. The van der Waals surface area contributed by atoms with Gasteiger partial charge in [0.25, 0.3) is 5.91 Å². The molecule has 0 spiro atoms. The molecule has 0 bridgehead atoms. The van der Waals surface area contributed by atoms with Crippen molar-refractivity contribution in [1.82, 2.24) is 10.2 Å². The summed E-state index contributed by atoms with van der Waals surface area (Å²) < 4.78 is 0. The van der Waals surface area contributed by atoms with Gasteiger partial charge < -0.3 is 20.6 Å². The second-order valence-electron chi connectivity index (χ2n) is 7.24. The highest BCUT2D eigenvalue weighted by atomic mass is 16.4. The number of hydrogen-bond donors (Lipinski definition) is 3. The summed E-state index contributed by atoms with van der Waals surface area (Å²) in [6, 6.07) is 6.62. The lowest BCUT2D eigenvalue weighted by Crippen LogP contribution is -2.31. The molecule has 0 aliphatic heterocycles. The molecule has 0 aromatic heterocycles. The van der Waals surface area contributed by atoms with Crippen molar-refractivity contribution in [3.63, 3.8) is 0 Å². The van der Waals surface area contributed by atoms with Crippen molar-refractivity contribution < 1.29 is 19.5 Å². The standard InChI is InChI=1S/C18H25N3O4/c1-18(2)13(14(18)17(24)25)16(23)20-12-7-5-6-11(10-12)15(22)19-8-9-21(3)4/h5-7,10,13-14H,8-9H2,1-4H3,(H,19,22)(H,20,23)(H,24,25)/t13-,14-/m0/s1. The molecule has 2 atom stereocenters. The average Bonchev–Trinajstić information content (AvgIpc) is 3.10. The Balaban J connectivity index is 1.99. The van der Waals surface area contributed by atoms with Gasteiger partial charge in [0.05, 0.1) is 11.8 Å². The minimum absolute atomic E-state index is 0.215. The first-order chi connectivity index (χ1) is 11.6. The molecule has 136 valence electrons. The maximum absolute atomic E-state index is 12.4. The van der Waals surface area contributed by atoms with E-state index in [1.54, 1.807) is 38.1 Å². The first kappa shape index (κ1) is 18.9. The quantitative estimate of drug-likeness (QED) is 0.690. The molecule has 7 nitrogen and oxygen atoms in total. The summed E-state index contributed by atoms with van der Waals surface area (Å²) in [6.07, 6.45) is 0. The van der Waals surface area contributed by atoms with E-state index in [-0.39, 0.29) is 11.8 Å². The molecular weight excluding hydrogens is 322 g/mol. The second-order valence-corrected chi connectivity index (χ2v) is 7.24. The van der Waals surface area contributed by atoms with Crippen molar-refractivity contribution in [2.24, 2.45) is 17.3 Å². The number of aliphatic carboxylic acids is 1. The average molecular weight is 347 g/mol. The third-order valence-corrected chi connectivity index (χ3v) is 4.61. The van der Waals surface area contributed by atoms with Gasteiger partial charge in [-0.2, -0.15) is 0 Å². The summed E-state index contributed by atoms with van der Waals surface area (Å²) in [4.78, 5) is 37.7. The van der Waals surface area contributed by atoms with Gasteiger partial charge in [-0.1, -0.05) is 19.9 Å². The highest BCUT2D eigenvalue weighted by Gasteiger charge is 2.65. The van der Waals surface area contributed by atoms with E-state index >= 15 is 0 Å². The number of carbonyl (C=O) groups is 3. The molecule has 1 aliphatic rings. The highest BCUT2D eigenvalue weighted by molar-refractivity contribution is 6.01. The van der Waals surface area contributed by atoms with Gasteiger partial charge in [0.15, 0.2) is 0 Å². The lowest BCUT2D eigenvalue weighted by Gasteiger charge is -2.11. The fourth-order valence-corrected chi connectivity index (χ4v) is 3.04. The van der Waals surface area contributed by atoms with Gasteiger partial charge in [-0.3, -0.25) is 14.4 Å². The third kappa shape index (κ3) is 4.36. The maximum atomic E-state index is 12.4. The molecule has 0 saturated heterocycles. The number of anilines is 1. The van der Waals surface area contributed by atoms with Gasteiger partial charge in [-0.25, -0.2) is 0 Å². The minimum Gasteiger partial charge on any atom is -0.481 e. The lowest BCUT2D eigenvalue weighted by molar-refractivity contribution is -0.140. The van der Waals surface area contributed by atoms with E-state index in [9.17, 15) is 19.5 Å². The Morgan fingerprint density at radius 2 is 1.88 bits per heavy atom. The maximum Gasteiger partial charge on any atom is 0.307 e. The number of carboxylic acids is 1. The molecule has 1 fully saturated rings. The van der Waals surface area contributed by atoms with Crippen molar-refractivity contribution >= 4 is 23.5 Å². The fraction of sp³-hybridized carbons (Fsp3) is 0.500. The molecular formula is C18H25N3O4. The van der Waals surface area contributed by atoms with Gasteiger partial charge >= 0.3 is 5.97 Å². The number of hydrogen-bond acceptors (Lipinski definition) is 4. The Bertz CT molecular complexity index is 685. The van der Waals surface area contributed by atoms with Crippen LogP contribution in [0.4, 0.5) is 5.69 Å². The zero-order valence-corrected chi connectivity index (χ0v) is 15.0. The van der Waals surface area contributed by atoms with Crippen molar-refractivity contribution in [1.29, 1.82) is 0 Å². The Labute approximate surface area is 147 Å². The van der Waals surface area contributed by atoms with Crippen molar-refractivity contribution in [2.75, 3.05) is 32.5 Å². The van der Waals surface area contributed by atoms with Crippen LogP contribution >= 0.6 is 0 Å².